The van der Waals surface area contributed by atoms with Gasteiger partial charge in [-0.2, -0.15) is 5.10 Å². The van der Waals surface area contributed by atoms with Gasteiger partial charge in [0.25, 0.3) is 0 Å². The number of hydrogen-bond donors (Lipinski definition) is 3. The minimum Gasteiger partial charge on any atom is -0.388 e. The van der Waals surface area contributed by atoms with E-state index in [0.717, 1.165) is 73.1 Å². The van der Waals surface area contributed by atoms with Crippen molar-refractivity contribution in [3.63, 3.8) is 0 Å². The van der Waals surface area contributed by atoms with Crippen LogP contribution in [-0.4, -0.2) is 25.1 Å². The van der Waals surface area contributed by atoms with Crippen LogP contribution >= 0.6 is 0 Å². The molecule has 2 unspecified atom stereocenters. The highest BCUT2D eigenvalue weighted by molar-refractivity contribution is 7.91. The number of fused-ring (bicyclic) bond motifs is 3. The molecule has 1 aromatic carbocycles. The summed E-state index contributed by atoms with van der Waals surface area (Å²) in [6, 6.07) is 1.37. The van der Waals surface area contributed by atoms with Crippen LogP contribution in [0.5, 0.6) is 0 Å². The van der Waals surface area contributed by atoms with E-state index in [4.69, 9.17) is 5.14 Å². The van der Waals surface area contributed by atoms with Crippen molar-refractivity contribution >= 4 is 21.6 Å². The summed E-state index contributed by atoms with van der Waals surface area (Å²) in [4.78, 5) is 13.1. The second-order valence-electron chi connectivity index (χ2n) is 8.09. The number of carbonyl (C=O) groups excluding carboxylic acids is 1. The highest BCUT2D eigenvalue weighted by atomic mass is 32.2. The van der Waals surface area contributed by atoms with Gasteiger partial charge in [0.1, 0.15) is 14.8 Å². The summed E-state index contributed by atoms with van der Waals surface area (Å²) in [6.07, 6.45) is 7.90. The Kier molecular flexibility index (Phi) is 4.49. The fourth-order valence-electron chi connectivity index (χ4n) is 4.91. The third-order valence-electron chi connectivity index (χ3n) is 6.28. The number of nitrogens with one attached hydrogen (secondary N) is 1. The molecule has 0 saturated carbocycles. The van der Waals surface area contributed by atoms with Crippen LogP contribution in [0.25, 0.3) is 0 Å². The van der Waals surface area contributed by atoms with Crippen LogP contribution in [0.2, 0.25) is 0 Å². The van der Waals surface area contributed by atoms with Crippen LogP contribution < -0.4 is 10.5 Å². The van der Waals surface area contributed by atoms with Crippen LogP contribution in [0.1, 0.15) is 59.7 Å². The lowest BCUT2D eigenvalue weighted by atomic mass is 9.98. The van der Waals surface area contributed by atoms with E-state index in [2.05, 4.69) is 20.8 Å². The zero-order valence-corrected chi connectivity index (χ0v) is 17.0. The van der Waals surface area contributed by atoms with E-state index >= 15 is 0 Å². The average molecular weight is 416 g/mol. The first-order valence-electron chi connectivity index (χ1n) is 10.2. The van der Waals surface area contributed by atoms with Crippen molar-refractivity contribution < 1.29 is 14.1 Å². The maximum Gasteiger partial charge on any atom is 0.354 e. The molecule has 0 bridgehead atoms. The van der Waals surface area contributed by atoms with Crippen molar-refractivity contribution in [3.8, 4) is 0 Å². The SMILES string of the molecule is NS(=O)(=NC(=O)Nc1c2c(cc3c1CCC3O)CCC2)c1cnn2c1CCCC2. The van der Waals surface area contributed by atoms with Crippen LogP contribution in [0, 0.1) is 0 Å². The molecule has 2 amide bonds. The number of anilines is 1. The number of nitrogens with two attached hydrogens (primary N) is 1. The molecule has 1 aliphatic heterocycles. The molecule has 0 saturated heterocycles. The zero-order chi connectivity index (χ0) is 20.2. The van der Waals surface area contributed by atoms with Crippen molar-refractivity contribution in [2.45, 2.75) is 68.9 Å². The maximum absolute atomic E-state index is 13.1. The Labute approximate surface area is 169 Å². The van der Waals surface area contributed by atoms with E-state index < -0.39 is 22.1 Å². The van der Waals surface area contributed by atoms with Gasteiger partial charge in [-0.05, 0) is 73.6 Å². The van der Waals surface area contributed by atoms with Crippen LogP contribution in [-0.2, 0) is 42.1 Å². The highest BCUT2D eigenvalue weighted by Crippen LogP contribution is 2.42. The molecule has 2 heterocycles. The largest absolute Gasteiger partial charge is 0.388 e. The normalized spacial score (nSPS) is 21.8. The number of rotatable bonds is 2. The number of aliphatic hydroxyl groups is 1. The number of hydrogen-bond acceptors (Lipinski definition) is 4. The Morgan fingerprint density at radius 2 is 2.10 bits per heavy atom. The van der Waals surface area contributed by atoms with Gasteiger partial charge in [0.15, 0.2) is 0 Å². The molecule has 8 nitrogen and oxygen atoms in total. The minimum atomic E-state index is -3.39. The van der Waals surface area contributed by atoms with E-state index in [-0.39, 0.29) is 0 Å². The molecular weight excluding hydrogens is 390 g/mol. The van der Waals surface area contributed by atoms with E-state index in [1.54, 1.807) is 4.68 Å². The molecule has 3 aliphatic rings. The third kappa shape index (κ3) is 3.17. The number of carbonyl (C=O) groups is 1. The van der Waals surface area contributed by atoms with E-state index in [1.807, 2.05) is 0 Å². The predicted molar refractivity (Wildman–Crippen MR) is 109 cm³/mol. The summed E-state index contributed by atoms with van der Waals surface area (Å²) < 4.78 is 18.8. The molecule has 0 spiro atoms. The Morgan fingerprint density at radius 1 is 1.24 bits per heavy atom. The molecule has 2 atom stereocenters. The summed E-state index contributed by atoms with van der Waals surface area (Å²) in [6.45, 7) is 0.766. The van der Waals surface area contributed by atoms with Crippen molar-refractivity contribution in [1.29, 1.82) is 0 Å². The number of nitrogens with zero attached hydrogens (tertiary/aromatic N) is 3. The lowest BCUT2D eigenvalue weighted by Crippen LogP contribution is -2.21. The van der Waals surface area contributed by atoms with Crippen molar-refractivity contribution in [2.75, 3.05) is 5.32 Å². The van der Waals surface area contributed by atoms with Gasteiger partial charge in [0, 0.05) is 12.2 Å². The summed E-state index contributed by atoms with van der Waals surface area (Å²) in [5.74, 6) is 0. The van der Waals surface area contributed by atoms with Crippen molar-refractivity contribution in [1.82, 2.24) is 9.78 Å². The molecule has 9 heteroatoms. The van der Waals surface area contributed by atoms with Gasteiger partial charge < -0.3 is 10.4 Å². The van der Waals surface area contributed by atoms with Gasteiger partial charge in [-0.3, -0.25) is 4.68 Å². The number of aryl methyl sites for hydroxylation is 2. The molecule has 29 heavy (non-hydrogen) atoms. The molecular formula is C20H25N5O3S. The molecule has 154 valence electrons. The van der Waals surface area contributed by atoms with E-state index in [1.165, 1.54) is 11.8 Å². The minimum absolute atomic E-state index is 0.353. The summed E-state index contributed by atoms with van der Waals surface area (Å²) in [7, 11) is -3.39. The molecule has 0 fully saturated rings. The lowest BCUT2D eigenvalue weighted by Gasteiger charge is -2.16. The van der Waals surface area contributed by atoms with Gasteiger partial charge in [-0.15, -0.1) is 4.36 Å². The van der Waals surface area contributed by atoms with E-state index in [9.17, 15) is 14.1 Å². The van der Waals surface area contributed by atoms with Gasteiger partial charge in [-0.25, -0.2) is 14.1 Å². The fourth-order valence-corrected chi connectivity index (χ4v) is 6.04. The molecule has 1 aromatic heterocycles. The fraction of sp³-hybridized carbons (Fsp3) is 0.500. The first kappa shape index (κ1) is 18.8. The number of benzene rings is 1. The highest BCUT2D eigenvalue weighted by Gasteiger charge is 2.29. The molecule has 0 radical (unpaired) electrons. The predicted octanol–water partition coefficient (Wildman–Crippen LogP) is 2.62. The van der Waals surface area contributed by atoms with Gasteiger partial charge in [-0.1, -0.05) is 6.07 Å². The first-order chi connectivity index (χ1) is 13.9. The standard InChI is InChI=1S/C20H25N5O3S/c21-29(28,18-11-22-25-9-2-1-6-16(18)25)24-20(27)23-19-13-5-3-4-12(13)10-15-14(19)7-8-17(15)26/h10-11,17,26H,1-9H2,(H3,21,23,24,27,28). The van der Waals surface area contributed by atoms with Crippen molar-refractivity contribution in [2.24, 2.45) is 9.50 Å². The van der Waals surface area contributed by atoms with Gasteiger partial charge in [0.05, 0.1) is 18.0 Å². The second kappa shape index (κ2) is 6.93. The third-order valence-corrected chi connectivity index (χ3v) is 7.69. The number of aliphatic hydroxyl groups excluding tert-OH is 1. The number of aromatic nitrogens is 2. The van der Waals surface area contributed by atoms with Gasteiger partial charge in [0.2, 0.25) is 0 Å². The topological polar surface area (TPSA) is 123 Å². The second-order valence-corrected chi connectivity index (χ2v) is 9.85. The van der Waals surface area contributed by atoms with Crippen LogP contribution in [0.3, 0.4) is 0 Å². The molecule has 5 rings (SSSR count). The lowest BCUT2D eigenvalue weighted by molar-refractivity contribution is 0.180. The summed E-state index contributed by atoms with van der Waals surface area (Å²) >= 11 is 0. The van der Waals surface area contributed by atoms with Crippen molar-refractivity contribution in [3.05, 3.63) is 40.2 Å². The molecule has 2 aliphatic carbocycles. The summed E-state index contributed by atoms with van der Waals surface area (Å²) in [5.41, 5.74) is 5.66. The maximum atomic E-state index is 13.1. The quantitative estimate of drug-likeness (QED) is 0.698. The van der Waals surface area contributed by atoms with Crippen LogP contribution in [0.4, 0.5) is 10.5 Å². The Balaban J connectivity index is 1.50. The molecule has 2 aromatic rings. The van der Waals surface area contributed by atoms with Gasteiger partial charge >= 0.3 is 6.03 Å². The first-order valence-corrected chi connectivity index (χ1v) is 11.8. The average Bonchev–Trinajstić information content (AvgIpc) is 3.40. The Bertz CT molecular complexity index is 1130. The summed E-state index contributed by atoms with van der Waals surface area (Å²) in [5, 5.41) is 23.4. The van der Waals surface area contributed by atoms with E-state index in [0.29, 0.717) is 17.7 Å². The Morgan fingerprint density at radius 3 is 2.97 bits per heavy atom. The van der Waals surface area contributed by atoms with Crippen LogP contribution in [0.15, 0.2) is 21.5 Å². The Hall–Kier alpha value is -2.23. The smallest absolute Gasteiger partial charge is 0.354 e. The number of amides is 2. The number of urea groups is 1. The monoisotopic (exact) mass is 415 g/mol. The zero-order valence-electron chi connectivity index (χ0n) is 16.2. The molecule has 4 N–H and O–H groups in total.